The molecule has 3 rings (SSSR count). The molecule has 0 aromatic heterocycles. The fraction of sp³-hybridized carbons (Fsp3) is 0.526. The smallest absolute Gasteiger partial charge is 0.321 e. The van der Waals surface area contributed by atoms with Gasteiger partial charge in [0.15, 0.2) is 5.92 Å². The maximum atomic E-state index is 12.8. The van der Waals surface area contributed by atoms with Gasteiger partial charge in [0.2, 0.25) is 11.9 Å². The molecule has 1 fully saturated rings. The van der Waals surface area contributed by atoms with Crippen LogP contribution in [0.5, 0.6) is 5.75 Å². The van der Waals surface area contributed by atoms with E-state index in [2.05, 4.69) is 10.2 Å². The Balaban J connectivity index is 2.01. The van der Waals surface area contributed by atoms with E-state index in [1.165, 1.54) is 6.42 Å². The zero-order valence-corrected chi connectivity index (χ0v) is 15.2. The fourth-order valence-electron chi connectivity index (χ4n) is 3.46. The Kier molecular flexibility index (Phi) is 5.75. The number of esters is 1. The SMILES string of the molecule is CCOC(=O)[C@H]1C(=O)NC(N2CCCCC2)=N[C@@H]1c1ccccc1OC. The van der Waals surface area contributed by atoms with E-state index in [0.29, 0.717) is 17.3 Å². The van der Waals surface area contributed by atoms with Crippen molar-refractivity contribution in [3.8, 4) is 5.75 Å². The molecule has 0 bridgehead atoms. The van der Waals surface area contributed by atoms with Crippen LogP contribution in [0.2, 0.25) is 0 Å². The Bertz CT molecular complexity index is 698. The first-order valence-corrected chi connectivity index (χ1v) is 9.09. The Morgan fingerprint density at radius 2 is 2.00 bits per heavy atom. The van der Waals surface area contributed by atoms with E-state index < -0.39 is 17.9 Å². The number of ether oxygens (including phenoxy) is 2. The van der Waals surface area contributed by atoms with Gasteiger partial charge in [-0.3, -0.25) is 14.9 Å². The highest BCUT2D eigenvalue weighted by molar-refractivity contribution is 6.08. The number of hydrogen-bond donors (Lipinski definition) is 1. The standard InChI is InChI=1S/C19H25N3O4/c1-3-26-18(24)15-16(13-9-5-6-10-14(13)25-2)20-19(21-17(15)23)22-11-7-4-8-12-22/h5-6,9-10,15-16H,3-4,7-8,11-12H2,1-2H3,(H,20,21,23)/t15-,16-/m1/s1. The van der Waals surface area contributed by atoms with Gasteiger partial charge >= 0.3 is 5.97 Å². The van der Waals surface area contributed by atoms with Gasteiger partial charge in [0, 0.05) is 18.7 Å². The third kappa shape index (κ3) is 3.66. The number of piperidine rings is 1. The number of nitrogens with one attached hydrogen (secondary N) is 1. The lowest BCUT2D eigenvalue weighted by Crippen LogP contribution is -2.53. The van der Waals surface area contributed by atoms with Gasteiger partial charge in [0.1, 0.15) is 11.8 Å². The minimum atomic E-state index is -1.03. The third-order valence-electron chi connectivity index (χ3n) is 4.75. The van der Waals surface area contributed by atoms with E-state index in [0.717, 1.165) is 25.9 Å². The summed E-state index contributed by atoms with van der Waals surface area (Å²) in [5, 5.41) is 2.81. The monoisotopic (exact) mass is 359 g/mol. The summed E-state index contributed by atoms with van der Waals surface area (Å²) in [6.07, 6.45) is 3.31. The van der Waals surface area contributed by atoms with Gasteiger partial charge in [-0.15, -0.1) is 0 Å². The maximum absolute atomic E-state index is 12.8. The van der Waals surface area contributed by atoms with Crippen LogP contribution < -0.4 is 10.1 Å². The molecule has 2 aliphatic heterocycles. The molecule has 7 nitrogen and oxygen atoms in total. The second-order valence-corrected chi connectivity index (χ2v) is 6.41. The highest BCUT2D eigenvalue weighted by Gasteiger charge is 2.43. The molecule has 0 saturated carbocycles. The Labute approximate surface area is 153 Å². The van der Waals surface area contributed by atoms with Crippen molar-refractivity contribution in [1.82, 2.24) is 10.2 Å². The van der Waals surface area contributed by atoms with E-state index >= 15 is 0 Å². The van der Waals surface area contributed by atoms with Crippen molar-refractivity contribution in [2.45, 2.75) is 32.2 Å². The summed E-state index contributed by atoms with van der Waals surface area (Å²) in [5.74, 6) is -0.841. The van der Waals surface area contributed by atoms with Gasteiger partial charge in [-0.05, 0) is 32.3 Å². The van der Waals surface area contributed by atoms with Crippen LogP contribution in [-0.2, 0) is 14.3 Å². The molecular weight excluding hydrogens is 334 g/mol. The van der Waals surface area contributed by atoms with Crippen molar-refractivity contribution in [1.29, 1.82) is 0 Å². The van der Waals surface area contributed by atoms with Gasteiger partial charge < -0.3 is 14.4 Å². The number of benzene rings is 1. The molecule has 1 N–H and O–H groups in total. The van der Waals surface area contributed by atoms with Crippen LogP contribution >= 0.6 is 0 Å². The number of amides is 1. The number of aliphatic imine (C=N–C) groups is 1. The molecule has 7 heteroatoms. The van der Waals surface area contributed by atoms with Crippen LogP contribution in [0.4, 0.5) is 0 Å². The van der Waals surface area contributed by atoms with Crippen molar-refractivity contribution in [3.05, 3.63) is 29.8 Å². The van der Waals surface area contributed by atoms with Crippen molar-refractivity contribution in [2.75, 3.05) is 26.8 Å². The van der Waals surface area contributed by atoms with Crippen LogP contribution in [-0.4, -0.2) is 49.5 Å². The molecule has 140 valence electrons. The molecule has 0 spiro atoms. The molecule has 0 radical (unpaired) electrons. The number of hydrogen-bond acceptors (Lipinski definition) is 6. The highest BCUT2D eigenvalue weighted by Crippen LogP contribution is 2.36. The molecule has 1 saturated heterocycles. The number of guanidine groups is 1. The molecule has 2 aliphatic rings. The van der Waals surface area contributed by atoms with Crippen LogP contribution in [0.25, 0.3) is 0 Å². The average molecular weight is 359 g/mol. The van der Waals surface area contributed by atoms with Gasteiger partial charge in [-0.25, -0.2) is 4.99 Å². The van der Waals surface area contributed by atoms with E-state index in [4.69, 9.17) is 14.5 Å². The summed E-state index contributed by atoms with van der Waals surface area (Å²) in [7, 11) is 1.57. The van der Waals surface area contributed by atoms with E-state index in [1.807, 2.05) is 18.2 Å². The Hall–Kier alpha value is -2.57. The van der Waals surface area contributed by atoms with Gasteiger partial charge in [-0.2, -0.15) is 0 Å². The first kappa shape index (κ1) is 18.2. The van der Waals surface area contributed by atoms with Crippen molar-refractivity contribution >= 4 is 17.8 Å². The maximum Gasteiger partial charge on any atom is 0.321 e. The highest BCUT2D eigenvalue weighted by atomic mass is 16.5. The number of likely N-dealkylation sites (tertiary alicyclic amines) is 1. The van der Waals surface area contributed by atoms with Crippen molar-refractivity contribution in [3.63, 3.8) is 0 Å². The zero-order valence-electron chi connectivity index (χ0n) is 15.2. The van der Waals surface area contributed by atoms with Gasteiger partial charge in [0.25, 0.3) is 0 Å². The van der Waals surface area contributed by atoms with E-state index in [-0.39, 0.29) is 12.5 Å². The molecule has 1 aromatic rings. The largest absolute Gasteiger partial charge is 0.496 e. The van der Waals surface area contributed by atoms with Crippen LogP contribution in [0, 0.1) is 5.92 Å². The first-order valence-electron chi connectivity index (χ1n) is 9.09. The van der Waals surface area contributed by atoms with Gasteiger partial charge in [0.05, 0.1) is 13.7 Å². The lowest BCUT2D eigenvalue weighted by Gasteiger charge is -2.35. The van der Waals surface area contributed by atoms with Crippen LogP contribution in [0.3, 0.4) is 0 Å². The summed E-state index contributed by atoms with van der Waals surface area (Å²) in [6, 6.07) is 6.67. The number of para-hydroxylation sites is 1. The molecule has 1 amide bonds. The third-order valence-corrected chi connectivity index (χ3v) is 4.75. The van der Waals surface area contributed by atoms with Crippen molar-refractivity contribution in [2.24, 2.45) is 10.9 Å². The fourth-order valence-corrected chi connectivity index (χ4v) is 3.46. The van der Waals surface area contributed by atoms with E-state index in [9.17, 15) is 9.59 Å². The predicted octanol–water partition coefficient (Wildman–Crippen LogP) is 1.89. The van der Waals surface area contributed by atoms with Crippen LogP contribution in [0.15, 0.2) is 29.3 Å². The number of nitrogens with zero attached hydrogens (tertiary/aromatic N) is 2. The quantitative estimate of drug-likeness (QED) is 0.656. The second kappa shape index (κ2) is 8.21. The molecular formula is C19H25N3O4. The summed E-state index contributed by atoms with van der Waals surface area (Å²) in [4.78, 5) is 32.1. The number of rotatable bonds is 4. The summed E-state index contributed by atoms with van der Waals surface area (Å²) in [6.45, 7) is 3.63. The molecule has 2 heterocycles. The summed E-state index contributed by atoms with van der Waals surface area (Å²) >= 11 is 0. The zero-order chi connectivity index (χ0) is 18.5. The molecule has 1 aromatic carbocycles. The Morgan fingerprint density at radius 1 is 1.27 bits per heavy atom. The first-order chi connectivity index (χ1) is 12.7. The van der Waals surface area contributed by atoms with Gasteiger partial charge in [-0.1, -0.05) is 18.2 Å². The topological polar surface area (TPSA) is 80.2 Å². The predicted molar refractivity (Wildman–Crippen MR) is 96.9 cm³/mol. The molecule has 2 atom stereocenters. The lowest BCUT2D eigenvalue weighted by molar-refractivity contribution is -0.153. The molecule has 0 unspecified atom stereocenters. The molecule has 26 heavy (non-hydrogen) atoms. The number of carbonyl (C=O) groups excluding carboxylic acids is 2. The van der Waals surface area contributed by atoms with Crippen molar-refractivity contribution < 1.29 is 19.1 Å². The van der Waals surface area contributed by atoms with Crippen LogP contribution in [0.1, 0.15) is 37.8 Å². The summed E-state index contributed by atoms with van der Waals surface area (Å²) in [5.41, 5.74) is 0.706. The minimum Gasteiger partial charge on any atom is -0.496 e. The minimum absolute atomic E-state index is 0.212. The summed E-state index contributed by atoms with van der Waals surface area (Å²) < 4.78 is 10.6. The number of methoxy groups -OCH3 is 1. The Morgan fingerprint density at radius 3 is 2.69 bits per heavy atom. The average Bonchev–Trinajstić information content (AvgIpc) is 2.68. The van der Waals surface area contributed by atoms with E-state index in [1.54, 1.807) is 20.1 Å². The lowest BCUT2D eigenvalue weighted by atomic mass is 9.90. The number of carbonyl (C=O) groups is 2. The normalized spacial score (nSPS) is 23.1. The molecule has 0 aliphatic carbocycles. The second-order valence-electron chi connectivity index (χ2n) is 6.41.